The number of alkyl halides is 1. The first-order valence-corrected chi connectivity index (χ1v) is 9.81. The van der Waals surface area contributed by atoms with Crippen LogP contribution in [-0.2, 0) is 14.3 Å². The number of carbonyl (C=O) groups is 1. The van der Waals surface area contributed by atoms with E-state index < -0.39 is 0 Å². The van der Waals surface area contributed by atoms with Crippen LogP contribution in [0.3, 0.4) is 0 Å². The first kappa shape index (κ1) is 16.2. The summed E-state index contributed by atoms with van der Waals surface area (Å²) in [6.07, 6.45) is 9.12. The van der Waals surface area contributed by atoms with Gasteiger partial charge in [-0.2, -0.15) is 0 Å². The Hall–Kier alpha value is -0.660. The molecule has 0 amide bonds. The summed E-state index contributed by atoms with van der Waals surface area (Å²) in [5.41, 5.74) is 3.85. The van der Waals surface area contributed by atoms with Gasteiger partial charge >= 0.3 is 5.97 Å². The molecule has 0 fully saturated rings. The maximum atomic E-state index is 11.8. The van der Waals surface area contributed by atoms with E-state index >= 15 is 0 Å². The third kappa shape index (κ3) is 2.37. The Kier molecular flexibility index (Phi) is 4.75. The lowest BCUT2D eigenvalue weighted by atomic mass is 9.69. The van der Waals surface area contributed by atoms with E-state index in [1.165, 1.54) is 16.7 Å². The second-order valence-electron chi connectivity index (χ2n) is 5.97. The van der Waals surface area contributed by atoms with Crippen molar-refractivity contribution in [2.75, 3.05) is 31.7 Å². The molecule has 4 nitrogen and oxygen atoms in total. The quantitative estimate of drug-likeness (QED) is 0.286. The van der Waals surface area contributed by atoms with Crippen molar-refractivity contribution < 1.29 is 14.3 Å². The number of hydrogen-bond donors (Lipinski definition) is 0. The van der Waals surface area contributed by atoms with Gasteiger partial charge < -0.3 is 9.47 Å². The van der Waals surface area contributed by atoms with E-state index in [2.05, 4.69) is 45.7 Å². The topological polar surface area (TPSA) is 38.8 Å². The Bertz CT molecular complexity index is 566. The fourth-order valence-electron chi connectivity index (χ4n) is 4.18. The average molecular weight is 415 g/mol. The highest BCUT2D eigenvalue weighted by molar-refractivity contribution is 14.1. The highest BCUT2D eigenvalue weighted by Crippen LogP contribution is 2.50. The van der Waals surface area contributed by atoms with Crippen molar-refractivity contribution in [3.8, 4) is 0 Å². The minimum Gasteiger partial charge on any atom is -0.461 e. The fourth-order valence-corrected chi connectivity index (χ4v) is 4.18. The first-order valence-electron chi connectivity index (χ1n) is 7.65. The summed E-state index contributed by atoms with van der Waals surface area (Å²) in [5.74, 6) is -0.0882. The van der Waals surface area contributed by atoms with Gasteiger partial charge in [0.2, 0.25) is 0 Å². The number of halogens is 1. The minimum atomic E-state index is -0.109. The average Bonchev–Trinajstić information content (AvgIpc) is 2.95. The lowest BCUT2D eigenvalue weighted by molar-refractivity contribution is -0.143. The van der Waals surface area contributed by atoms with Crippen LogP contribution in [0.25, 0.3) is 0 Å². The molecular weight excluding hydrogens is 393 g/mol. The number of rotatable bonds is 1. The molecule has 3 heterocycles. The summed E-state index contributed by atoms with van der Waals surface area (Å²) >= 11 is 2.15. The second-order valence-corrected chi connectivity index (χ2v) is 5.97. The largest absolute Gasteiger partial charge is 0.461 e. The Morgan fingerprint density at radius 1 is 1.45 bits per heavy atom. The maximum absolute atomic E-state index is 11.8. The van der Waals surface area contributed by atoms with Gasteiger partial charge in [0.1, 0.15) is 6.61 Å². The molecule has 4 rings (SSSR count). The molecule has 2 atom stereocenters. The molecule has 3 aliphatic heterocycles. The summed E-state index contributed by atoms with van der Waals surface area (Å²) in [7, 11) is 1.76. The van der Waals surface area contributed by atoms with Crippen LogP contribution in [0.2, 0.25) is 0 Å². The number of nitrogens with zero attached hydrogens (tertiary/aromatic N) is 1. The molecule has 120 valence electrons. The minimum absolute atomic E-state index is 0.0882. The molecule has 0 aromatic rings. The molecule has 0 saturated heterocycles. The first-order chi connectivity index (χ1) is 10.7. The zero-order valence-electron chi connectivity index (χ0n) is 13.1. The van der Waals surface area contributed by atoms with Gasteiger partial charge in [-0.05, 0) is 28.1 Å². The Balaban J connectivity index is 0.000000693. The van der Waals surface area contributed by atoms with Crippen LogP contribution in [0, 0.1) is 0 Å². The van der Waals surface area contributed by atoms with Crippen molar-refractivity contribution in [1.82, 2.24) is 4.90 Å². The normalized spacial score (nSPS) is 33.1. The molecule has 0 radical (unpaired) electrons. The molecule has 1 spiro atoms. The van der Waals surface area contributed by atoms with Gasteiger partial charge in [0.15, 0.2) is 0 Å². The Labute approximate surface area is 145 Å². The number of esters is 1. The number of cyclic esters (lactones) is 1. The maximum Gasteiger partial charge on any atom is 0.310 e. The van der Waals surface area contributed by atoms with Crippen molar-refractivity contribution in [3.05, 3.63) is 34.9 Å². The van der Waals surface area contributed by atoms with E-state index in [9.17, 15) is 4.79 Å². The molecule has 0 unspecified atom stereocenters. The van der Waals surface area contributed by atoms with Crippen LogP contribution in [-0.4, -0.2) is 54.2 Å². The lowest BCUT2D eigenvalue weighted by Gasteiger charge is -2.50. The molecular formula is C17H22INO3. The highest BCUT2D eigenvalue weighted by Gasteiger charge is 2.52. The van der Waals surface area contributed by atoms with Gasteiger partial charge in [0.25, 0.3) is 0 Å². The molecule has 1 aliphatic carbocycles. The summed E-state index contributed by atoms with van der Waals surface area (Å²) in [6.45, 7) is 2.50. The van der Waals surface area contributed by atoms with E-state index in [4.69, 9.17) is 9.47 Å². The SMILES string of the molecule is CI.CO[C@H]1C=CC2=CCN3CCC4=C(CC(=O)OC4)[C@]23C1. The summed E-state index contributed by atoms with van der Waals surface area (Å²) < 4.78 is 10.8. The zero-order chi connectivity index (χ0) is 15.7. The van der Waals surface area contributed by atoms with Crippen LogP contribution in [0.15, 0.2) is 34.9 Å². The van der Waals surface area contributed by atoms with Crippen molar-refractivity contribution in [3.63, 3.8) is 0 Å². The van der Waals surface area contributed by atoms with Gasteiger partial charge in [0, 0.05) is 26.6 Å². The molecule has 0 bridgehead atoms. The molecule has 0 aromatic heterocycles. The number of carbonyl (C=O) groups excluding carboxylic acids is 1. The van der Waals surface area contributed by atoms with Gasteiger partial charge in [0.05, 0.1) is 18.1 Å². The summed E-state index contributed by atoms with van der Waals surface area (Å²) in [5, 5.41) is 0. The predicted octanol–water partition coefficient (Wildman–Crippen LogP) is 2.64. The number of hydrogen-bond acceptors (Lipinski definition) is 4. The molecule has 0 N–H and O–H groups in total. The van der Waals surface area contributed by atoms with Crippen molar-refractivity contribution >= 4 is 28.6 Å². The predicted molar refractivity (Wildman–Crippen MR) is 94.1 cm³/mol. The van der Waals surface area contributed by atoms with Gasteiger partial charge in [-0.15, -0.1) is 0 Å². The number of ether oxygens (including phenoxy) is 2. The van der Waals surface area contributed by atoms with Crippen LogP contribution < -0.4 is 0 Å². The van der Waals surface area contributed by atoms with Crippen LogP contribution in [0.5, 0.6) is 0 Å². The van der Waals surface area contributed by atoms with E-state index in [1.54, 1.807) is 7.11 Å². The highest BCUT2D eigenvalue weighted by atomic mass is 127. The fraction of sp³-hybridized carbons (Fsp3) is 0.588. The summed E-state index contributed by atoms with van der Waals surface area (Å²) in [4.78, 5) is 16.3. The second kappa shape index (κ2) is 6.45. The third-order valence-corrected chi connectivity index (χ3v) is 5.18. The molecule has 0 saturated carbocycles. The van der Waals surface area contributed by atoms with E-state index in [0.29, 0.717) is 13.0 Å². The van der Waals surface area contributed by atoms with Gasteiger partial charge in [-0.3, -0.25) is 9.69 Å². The Morgan fingerprint density at radius 2 is 2.27 bits per heavy atom. The molecule has 5 heteroatoms. The van der Waals surface area contributed by atoms with Crippen molar-refractivity contribution in [1.29, 1.82) is 0 Å². The van der Waals surface area contributed by atoms with Gasteiger partial charge in [-0.1, -0.05) is 40.8 Å². The molecule has 0 aromatic carbocycles. The van der Waals surface area contributed by atoms with Crippen molar-refractivity contribution in [2.45, 2.75) is 30.9 Å². The zero-order valence-corrected chi connectivity index (χ0v) is 15.3. The third-order valence-electron chi connectivity index (χ3n) is 5.18. The smallest absolute Gasteiger partial charge is 0.310 e. The molecule has 22 heavy (non-hydrogen) atoms. The monoisotopic (exact) mass is 415 g/mol. The Morgan fingerprint density at radius 3 is 3.05 bits per heavy atom. The van der Waals surface area contributed by atoms with Crippen LogP contribution in [0.1, 0.15) is 19.3 Å². The molecule has 4 aliphatic rings. The van der Waals surface area contributed by atoms with Gasteiger partial charge in [-0.25, -0.2) is 0 Å². The van der Waals surface area contributed by atoms with Crippen LogP contribution in [0.4, 0.5) is 0 Å². The summed E-state index contributed by atoms with van der Waals surface area (Å²) in [6, 6.07) is 0. The van der Waals surface area contributed by atoms with E-state index in [0.717, 1.165) is 25.9 Å². The van der Waals surface area contributed by atoms with E-state index in [-0.39, 0.29) is 17.6 Å². The van der Waals surface area contributed by atoms with Crippen molar-refractivity contribution in [2.24, 2.45) is 0 Å². The standard InChI is InChI=1S/C16H19NO3.CH3I/c1-19-13-3-2-12-5-7-17-6-4-11-10-20-15(18)8-14(11)16(12,17)9-13;1-2/h2-3,5,13H,4,6-10H2,1H3;1H3/t13-,16-;/m0./s1. The van der Waals surface area contributed by atoms with Crippen LogP contribution >= 0.6 is 22.6 Å². The number of methoxy groups -OCH3 is 1. The lowest BCUT2D eigenvalue weighted by Crippen LogP contribution is -2.55. The van der Waals surface area contributed by atoms with E-state index in [1.807, 2.05) is 4.93 Å².